The number of carbonyl (C=O) groups excluding carboxylic acids is 1. The lowest BCUT2D eigenvalue weighted by Gasteiger charge is -2.50. The highest BCUT2D eigenvalue weighted by atomic mass is 16.5. The zero-order chi connectivity index (χ0) is 24.6. The Kier molecular flexibility index (Phi) is 9.40. The molecule has 3 aliphatic heterocycles. The maximum Gasteiger partial charge on any atom is 0.322 e. The Morgan fingerprint density at radius 2 is 1.89 bits per heavy atom. The second-order valence-electron chi connectivity index (χ2n) is 10.6. The summed E-state index contributed by atoms with van der Waals surface area (Å²) < 4.78 is 5.34. The van der Waals surface area contributed by atoms with Crippen LogP contribution in [0.15, 0.2) is 24.3 Å². The lowest BCUT2D eigenvalue weighted by atomic mass is 9.85. The van der Waals surface area contributed by atoms with Crippen molar-refractivity contribution in [3.05, 3.63) is 29.8 Å². The summed E-state index contributed by atoms with van der Waals surface area (Å²) in [4.78, 5) is 28.3. The molecule has 1 aromatic rings. The fraction of sp³-hybridized carbons (Fsp3) is 0.704. The van der Waals surface area contributed by atoms with E-state index in [1.54, 1.807) is 7.11 Å². The molecule has 0 spiro atoms. The van der Waals surface area contributed by atoms with Gasteiger partial charge in [0.1, 0.15) is 12.3 Å². The number of benzene rings is 1. The maximum absolute atomic E-state index is 12.2. The van der Waals surface area contributed by atoms with Crippen LogP contribution in [0.25, 0.3) is 0 Å². The number of carbonyl (C=O) groups is 2. The molecule has 3 fully saturated rings. The quantitative estimate of drug-likeness (QED) is 0.466. The number of hydrogen-bond acceptors (Lipinski definition) is 6. The normalized spacial score (nSPS) is 26.1. The highest BCUT2D eigenvalue weighted by Crippen LogP contribution is 2.31. The monoisotopic (exact) mass is 486 g/mol. The number of piperidine rings is 2. The number of methoxy groups -OCH3 is 1. The Bertz CT molecular complexity index is 827. The average molecular weight is 487 g/mol. The SMILES string of the molecule is COc1ccc(C[C@H]2CN3CCC(CC(=O)NCC(=O)O)C[C@@H]3CN2CCC2CCNCC2)cc1. The van der Waals surface area contributed by atoms with Gasteiger partial charge in [0.05, 0.1) is 7.11 Å². The summed E-state index contributed by atoms with van der Waals surface area (Å²) in [6.07, 6.45) is 7.30. The minimum Gasteiger partial charge on any atom is -0.497 e. The molecule has 8 nitrogen and oxygen atoms in total. The highest BCUT2D eigenvalue weighted by Gasteiger charge is 2.38. The fourth-order valence-corrected chi connectivity index (χ4v) is 6.13. The number of rotatable bonds is 10. The van der Waals surface area contributed by atoms with Gasteiger partial charge in [0.15, 0.2) is 0 Å². The Labute approximate surface area is 209 Å². The lowest BCUT2D eigenvalue weighted by Crippen LogP contribution is -2.61. The molecule has 0 radical (unpaired) electrons. The van der Waals surface area contributed by atoms with Crippen molar-refractivity contribution >= 4 is 11.9 Å². The lowest BCUT2D eigenvalue weighted by molar-refractivity contribution is -0.138. The molecule has 0 aliphatic carbocycles. The Morgan fingerprint density at radius 3 is 2.60 bits per heavy atom. The Hall–Kier alpha value is -2.16. The predicted octanol–water partition coefficient (Wildman–Crippen LogP) is 1.98. The van der Waals surface area contributed by atoms with Crippen molar-refractivity contribution < 1.29 is 19.4 Å². The fourth-order valence-electron chi connectivity index (χ4n) is 6.13. The van der Waals surface area contributed by atoms with Crippen molar-refractivity contribution in [3.63, 3.8) is 0 Å². The summed E-state index contributed by atoms with van der Waals surface area (Å²) in [7, 11) is 1.71. The molecule has 4 rings (SSSR count). The minimum atomic E-state index is -0.993. The third kappa shape index (κ3) is 7.66. The molecule has 1 amide bonds. The van der Waals surface area contributed by atoms with E-state index in [0.29, 0.717) is 24.4 Å². The zero-order valence-corrected chi connectivity index (χ0v) is 21.1. The van der Waals surface area contributed by atoms with E-state index in [1.165, 1.54) is 24.8 Å². The van der Waals surface area contributed by atoms with Gasteiger partial charge in [-0.3, -0.25) is 19.4 Å². The van der Waals surface area contributed by atoms with Gasteiger partial charge in [-0.15, -0.1) is 0 Å². The van der Waals surface area contributed by atoms with Crippen LogP contribution in [0.1, 0.15) is 44.1 Å². The van der Waals surface area contributed by atoms with Crippen LogP contribution in [0.4, 0.5) is 0 Å². The van der Waals surface area contributed by atoms with Gasteiger partial charge in [0.2, 0.25) is 5.91 Å². The van der Waals surface area contributed by atoms with E-state index >= 15 is 0 Å². The van der Waals surface area contributed by atoms with Crippen molar-refractivity contribution in [1.29, 1.82) is 0 Å². The molecule has 1 aromatic carbocycles. The standard InChI is InChI=1S/C27H42N4O4/c1-35-25-4-2-21(3-5-25)14-23-18-31-13-9-22(16-26(32)29-17-27(33)34)15-24(31)19-30(23)12-8-20-6-10-28-11-7-20/h2-5,20,22-24,28H,6-19H2,1H3,(H,29,32)(H,33,34)/t22?,23-,24+/m0/s1. The molecule has 3 N–H and O–H groups in total. The number of ether oxygens (including phenoxy) is 1. The van der Waals surface area contributed by atoms with Crippen LogP contribution in [0.2, 0.25) is 0 Å². The summed E-state index contributed by atoms with van der Waals surface area (Å²) in [5, 5.41) is 14.8. The number of aliphatic carboxylic acids is 1. The van der Waals surface area contributed by atoms with Gasteiger partial charge in [-0.2, -0.15) is 0 Å². The minimum absolute atomic E-state index is 0.137. The van der Waals surface area contributed by atoms with Crippen molar-refractivity contribution in [3.8, 4) is 5.75 Å². The molecule has 0 aromatic heterocycles. The number of nitrogens with zero attached hydrogens (tertiary/aromatic N) is 2. The second-order valence-corrected chi connectivity index (χ2v) is 10.6. The molecule has 1 unspecified atom stereocenters. The zero-order valence-electron chi connectivity index (χ0n) is 21.1. The van der Waals surface area contributed by atoms with Gasteiger partial charge in [-0.05, 0) is 94.2 Å². The van der Waals surface area contributed by atoms with E-state index in [2.05, 4.69) is 44.7 Å². The summed E-state index contributed by atoms with van der Waals surface area (Å²) in [6.45, 7) is 6.27. The van der Waals surface area contributed by atoms with Crippen LogP contribution < -0.4 is 15.4 Å². The van der Waals surface area contributed by atoms with Gasteiger partial charge in [0, 0.05) is 31.6 Å². The third-order valence-corrected chi connectivity index (χ3v) is 8.18. The molecule has 0 saturated carbocycles. The molecule has 194 valence electrons. The first kappa shape index (κ1) is 25.9. The number of carboxylic acids is 1. The second kappa shape index (κ2) is 12.7. The van der Waals surface area contributed by atoms with Gasteiger partial charge in [-0.1, -0.05) is 12.1 Å². The number of fused-ring (bicyclic) bond motifs is 1. The molecular weight excluding hydrogens is 444 g/mol. The van der Waals surface area contributed by atoms with Gasteiger partial charge in [-0.25, -0.2) is 0 Å². The molecule has 3 aliphatic rings. The first-order valence-electron chi connectivity index (χ1n) is 13.3. The number of nitrogens with one attached hydrogen (secondary N) is 2. The highest BCUT2D eigenvalue weighted by molar-refractivity contribution is 5.81. The predicted molar refractivity (Wildman–Crippen MR) is 136 cm³/mol. The molecule has 0 bridgehead atoms. The molecular formula is C27H42N4O4. The Balaban J connectivity index is 1.37. The molecule has 3 heterocycles. The van der Waals surface area contributed by atoms with Crippen molar-refractivity contribution in [2.24, 2.45) is 11.8 Å². The van der Waals surface area contributed by atoms with E-state index in [1.807, 2.05) is 0 Å². The Morgan fingerprint density at radius 1 is 1.11 bits per heavy atom. The van der Waals surface area contributed by atoms with Crippen LogP contribution in [-0.4, -0.2) is 91.8 Å². The topological polar surface area (TPSA) is 94.1 Å². The number of hydrogen-bond donors (Lipinski definition) is 3. The van der Waals surface area contributed by atoms with Crippen molar-refractivity contribution in [2.45, 2.75) is 57.0 Å². The summed E-state index contributed by atoms with van der Waals surface area (Å²) in [5.74, 6) is 0.909. The van der Waals surface area contributed by atoms with E-state index in [0.717, 1.165) is 70.2 Å². The number of amides is 1. The van der Waals surface area contributed by atoms with E-state index in [-0.39, 0.29) is 12.5 Å². The summed E-state index contributed by atoms with van der Waals surface area (Å²) >= 11 is 0. The molecule has 3 atom stereocenters. The van der Waals surface area contributed by atoms with Crippen molar-refractivity contribution in [2.75, 3.05) is 52.9 Å². The summed E-state index contributed by atoms with van der Waals surface area (Å²) in [5.41, 5.74) is 1.35. The third-order valence-electron chi connectivity index (χ3n) is 8.18. The van der Waals surface area contributed by atoms with E-state index in [4.69, 9.17) is 9.84 Å². The largest absolute Gasteiger partial charge is 0.497 e. The summed E-state index contributed by atoms with van der Waals surface area (Å²) in [6, 6.07) is 9.47. The number of carboxylic acid groups (broad SMARTS) is 1. The van der Waals surface area contributed by atoms with Gasteiger partial charge >= 0.3 is 5.97 Å². The van der Waals surface area contributed by atoms with Crippen LogP contribution >= 0.6 is 0 Å². The van der Waals surface area contributed by atoms with Crippen LogP contribution in [0.3, 0.4) is 0 Å². The van der Waals surface area contributed by atoms with Crippen LogP contribution in [0, 0.1) is 11.8 Å². The van der Waals surface area contributed by atoms with Crippen molar-refractivity contribution in [1.82, 2.24) is 20.4 Å². The molecule has 3 saturated heterocycles. The van der Waals surface area contributed by atoms with Crippen LogP contribution in [-0.2, 0) is 16.0 Å². The average Bonchev–Trinajstić information content (AvgIpc) is 2.87. The first-order valence-corrected chi connectivity index (χ1v) is 13.3. The molecule has 8 heteroatoms. The number of piperazine rings is 1. The smallest absolute Gasteiger partial charge is 0.322 e. The van der Waals surface area contributed by atoms with Gasteiger partial charge in [0.25, 0.3) is 0 Å². The molecule has 35 heavy (non-hydrogen) atoms. The maximum atomic E-state index is 12.2. The van der Waals surface area contributed by atoms with E-state index < -0.39 is 5.97 Å². The first-order chi connectivity index (χ1) is 17.0. The van der Waals surface area contributed by atoms with Crippen LogP contribution in [0.5, 0.6) is 5.75 Å². The van der Waals surface area contributed by atoms with Gasteiger partial charge < -0.3 is 20.5 Å². The van der Waals surface area contributed by atoms with E-state index in [9.17, 15) is 9.59 Å².